The Morgan fingerprint density at radius 2 is 1.78 bits per heavy atom. The molecule has 12 heteroatoms. The normalized spacial score (nSPS) is 17.2. The Labute approximate surface area is 209 Å². The minimum absolute atomic E-state index is 0.180. The number of nitrogens with one attached hydrogen (secondary N) is 2. The van der Waals surface area contributed by atoms with E-state index in [9.17, 15) is 37.5 Å². The standard InChI is InChI=1S/C25H24F3N3O6/c1-13-12-31(2)24(35)20(21(13)34)30-25(36)29-17(11-19(32)33)15-8-9-18(37-23(28)22(26)27)16(10-15)14-6-4-3-5-7-14/h3-10,12,17,20,22-23H,11H2,1-2H3,(H,32,33)(H2,29,30,36). The molecule has 0 aromatic heterocycles. The summed E-state index contributed by atoms with van der Waals surface area (Å²) in [6, 6.07) is 8.45. The average molecular weight is 519 g/mol. The summed E-state index contributed by atoms with van der Waals surface area (Å²) < 4.78 is 44.0. The SMILES string of the molecule is CC1=CN(C)C(=O)C(NC(=O)NC(CC(=O)O)c2ccc(OC(F)C(F)F)c(-c3ccccc3)c2)C1=O. The van der Waals surface area contributed by atoms with Gasteiger partial charge in [0.2, 0.25) is 0 Å². The first-order valence-corrected chi connectivity index (χ1v) is 11.0. The van der Waals surface area contributed by atoms with Gasteiger partial charge in [0.25, 0.3) is 12.3 Å². The van der Waals surface area contributed by atoms with E-state index in [1.807, 2.05) is 0 Å². The first-order chi connectivity index (χ1) is 17.5. The van der Waals surface area contributed by atoms with Crippen molar-refractivity contribution in [1.82, 2.24) is 15.5 Å². The van der Waals surface area contributed by atoms with E-state index in [0.29, 0.717) is 5.56 Å². The third kappa shape index (κ3) is 6.66. The quantitative estimate of drug-likeness (QED) is 0.436. The molecule has 2 aromatic rings. The number of carboxylic acid groups (broad SMARTS) is 1. The predicted molar refractivity (Wildman–Crippen MR) is 125 cm³/mol. The summed E-state index contributed by atoms with van der Waals surface area (Å²) >= 11 is 0. The highest BCUT2D eigenvalue weighted by molar-refractivity contribution is 6.16. The van der Waals surface area contributed by atoms with Crippen LogP contribution in [0.1, 0.15) is 24.9 Å². The minimum Gasteiger partial charge on any atom is -0.481 e. The van der Waals surface area contributed by atoms with Gasteiger partial charge < -0.3 is 25.4 Å². The van der Waals surface area contributed by atoms with Crippen molar-refractivity contribution in [2.24, 2.45) is 0 Å². The molecule has 0 spiro atoms. The number of carbonyl (C=O) groups is 4. The van der Waals surface area contributed by atoms with Gasteiger partial charge in [0, 0.05) is 24.4 Å². The van der Waals surface area contributed by atoms with Crippen molar-refractivity contribution >= 4 is 23.7 Å². The molecule has 0 fully saturated rings. The Balaban J connectivity index is 1.91. The monoisotopic (exact) mass is 519 g/mol. The van der Waals surface area contributed by atoms with Crippen LogP contribution in [-0.2, 0) is 14.4 Å². The zero-order valence-corrected chi connectivity index (χ0v) is 19.8. The molecule has 1 aliphatic rings. The van der Waals surface area contributed by atoms with E-state index in [4.69, 9.17) is 4.74 Å². The van der Waals surface area contributed by atoms with E-state index in [1.54, 1.807) is 30.3 Å². The average Bonchev–Trinajstić information content (AvgIpc) is 2.85. The number of carboxylic acids is 1. The van der Waals surface area contributed by atoms with Gasteiger partial charge in [-0.15, -0.1) is 0 Å². The zero-order chi connectivity index (χ0) is 27.3. The van der Waals surface area contributed by atoms with Gasteiger partial charge in [0.15, 0.2) is 11.8 Å². The van der Waals surface area contributed by atoms with Gasteiger partial charge in [0.1, 0.15) is 5.75 Å². The number of hydrogen-bond donors (Lipinski definition) is 3. The lowest BCUT2D eigenvalue weighted by Gasteiger charge is -2.27. The Hall–Kier alpha value is -4.35. The summed E-state index contributed by atoms with van der Waals surface area (Å²) in [6.45, 7) is 1.48. The van der Waals surface area contributed by atoms with E-state index in [2.05, 4.69) is 10.6 Å². The van der Waals surface area contributed by atoms with Crippen LogP contribution in [0.5, 0.6) is 5.75 Å². The maximum Gasteiger partial charge on any atom is 0.316 e. The summed E-state index contributed by atoms with van der Waals surface area (Å²) in [7, 11) is 1.42. The van der Waals surface area contributed by atoms with Gasteiger partial charge in [-0.2, -0.15) is 4.39 Å². The highest BCUT2D eigenvalue weighted by Crippen LogP contribution is 2.34. The van der Waals surface area contributed by atoms with E-state index >= 15 is 0 Å². The maximum atomic E-state index is 13.7. The molecule has 0 saturated carbocycles. The van der Waals surface area contributed by atoms with E-state index in [0.717, 1.165) is 4.90 Å². The minimum atomic E-state index is -3.39. The summed E-state index contributed by atoms with van der Waals surface area (Å²) in [5.74, 6) is -2.78. The Bertz CT molecular complexity index is 1220. The maximum absolute atomic E-state index is 13.7. The number of alkyl halides is 3. The number of rotatable bonds is 9. The lowest BCUT2D eigenvalue weighted by Crippen LogP contribution is -2.56. The number of Topliss-reactive ketones (excluding diaryl/α,β-unsaturated/α-hetero) is 1. The number of aliphatic carboxylic acids is 1. The number of hydrogen-bond acceptors (Lipinski definition) is 5. The lowest BCUT2D eigenvalue weighted by atomic mass is 9.97. The second kappa shape index (κ2) is 11.6. The molecule has 0 aliphatic carbocycles. The van der Waals surface area contributed by atoms with Crippen molar-refractivity contribution < 1.29 is 42.2 Å². The topological polar surface area (TPSA) is 125 Å². The molecule has 3 atom stereocenters. The van der Waals surface area contributed by atoms with E-state index < -0.39 is 55.0 Å². The highest BCUT2D eigenvalue weighted by Gasteiger charge is 2.35. The van der Waals surface area contributed by atoms with Crippen molar-refractivity contribution in [1.29, 1.82) is 0 Å². The largest absolute Gasteiger partial charge is 0.481 e. The van der Waals surface area contributed by atoms with Crippen molar-refractivity contribution in [2.45, 2.75) is 38.2 Å². The van der Waals surface area contributed by atoms with Gasteiger partial charge in [-0.25, -0.2) is 13.6 Å². The second-order valence-corrected chi connectivity index (χ2v) is 8.25. The molecule has 3 N–H and O–H groups in total. The fraction of sp³-hybridized carbons (Fsp3) is 0.280. The predicted octanol–water partition coefficient (Wildman–Crippen LogP) is 3.42. The van der Waals surface area contributed by atoms with Crippen molar-refractivity contribution in [3.8, 4) is 16.9 Å². The summed E-state index contributed by atoms with van der Waals surface area (Å²) in [5.41, 5.74) is 1.11. The number of ketones is 1. The number of halogens is 3. The molecule has 3 unspecified atom stereocenters. The van der Waals surface area contributed by atoms with E-state index in [1.165, 1.54) is 38.4 Å². The Morgan fingerprint density at radius 1 is 1.11 bits per heavy atom. The number of amides is 3. The smallest absolute Gasteiger partial charge is 0.316 e. The van der Waals surface area contributed by atoms with Crippen molar-refractivity contribution in [3.05, 3.63) is 65.9 Å². The number of nitrogens with zero attached hydrogens (tertiary/aromatic N) is 1. The summed E-state index contributed by atoms with van der Waals surface area (Å²) in [5, 5.41) is 14.1. The molecule has 0 radical (unpaired) electrons. The first kappa shape index (κ1) is 27.2. The summed E-state index contributed by atoms with van der Waals surface area (Å²) in [6.07, 6.45) is -5.56. The molecule has 37 heavy (non-hydrogen) atoms. The number of likely N-dealkylation sites (N-methyl/N-ethyl adjacent to an activating group) is 1. The molecule has 0 bridgehead atoms. The molecule has 1 aliphatic heterocycles. The third-order valence-corrected chi connectivity index (χ3v) is 5.52. The molecule has 3 amide bonds. The van der Waals surface area contributed by atoms with Crippen molar-refractivity contribution in [3.63, 3.8) is 0 Å². The van der Waals surface area contributed by atoms with Crippen LogP contribution < -0.4 is 15.4 Å². The molecule has 196 valence electrons. The first-order valence-electron chi connectivity index (χ1n) is 11.0. The molecule has 3 rings (SSSR count). The van der Waals surface area contributed by atoms with Crippen LogP contribution in [0.15, 0.2) is 60.3 Å². The number of benzene rings is 2. The highest BCUT2D eigenvalue weighted by atomic mass is 19.3. The van der Waals surface area contributed by atoms with Crippen LogP contribution in [0.3, 0.4) is 0 Å². The second-order valence-electron chi connectivity index (χ2n) is 8.25. The van der Waals surface area contributed by atoms with Crippen LogP contribution in [0.4, 0.5) is 18.0 Å². The molecule has 1 heterocycles. The van der Waals surface area contributed by atoms with Crippen LogP contribution in [0.2, 0.25) is 0 Å². The zero-order valence-electron chi connectivity index (χ0n) is 19.8. The van der Waals surface area contributed by atoms with Crippen LogP contribution >= 0.6 is 0 Å². The van der Waals surface area contributed by atoms with Crippen LogP contribution in [0, 0.1) is 0 Å². The molecule has 2 aromatic carbocycles. The van der Waals surface area contributed by atoms with Crippen molar-refractivity contribution in [2.75, 3.05) is 7.05 Å². The Kier molecular flexibility index (Phi) is 8.53. The van der Waals surface area contributed by atoms with Gasteiger partial charge in [-0.3, -0.25) is 14.4 Å². The molecule has 9 nitrogen and oxygen atoms in total. The van der Waals surface area contributed by atoms with Gasteiger partial charge >= 0.3 is 18.4 Å². The summed E-state index contributed by atoms with van der Waals surface area (Å²) in [4.78, 5) is 50.1. The van der Waals surface area contributed by atoms with Crippen LogP contribution in [0.25, 0.3) is 11.1 Å². The van der Waals surface area contributed by atoms with Crippen LogP contribution in [-0.4, -0.2) is 59.6 Å². The lowest BCUT2D eigenvalue weighted by molar-refractivity contribution is -0.138. The number of carbonyl (C=O) groups excluding carboxylic acids is 3. The molecule has 0 saturated heterocycles. The molecular formula is C25H24F3N3O6. The number of ether oxygens (including phenoxy) is 1. The fourth-order valence-electron chi connectivity index (χ4n) is 3.73. The van der Waals surface area contributed by atoms with E-state index in [-0.39, 0.29) is 22.4 Å². The van der Waals surface area contributed by atoms with Gasteiger partial charge in [-0.1, -0.05) is 36.4 Å². The van der Waals surface area contributed by atoms with Gasteiger partial charge in [0.05, 0.1) is 12.5 Å². The van der Waals surface area contributed by atoms with Gasteiger partial charge in [-0.05, 0) is 30.2 Å². The molecular weight excluding hydrogens is 495 g/mol. The third-order valence-electron chi connectivity index (χ3n) is 5.52. The Morgan fingerprint density at radius 3 is 2.41 bits per heavy atom. The fourth-order valence-corrected chi connectivity index (χ4v) is 3.73. The number of urea groups is 1.